The van der Waals surface area contributed by atoms with E-state index in [1.165, 1.54) is 11.1 Å². The highest BCUT2D eigenvalue weighted by molar-refractivity contribution is 5.66. The molecule has 0 radical (unpaired) electrons. The first-order valence-corrected chi connectivity index (χ1v) is 13.8. The van der Waals surface area contributed by atoms with Gasteiger partial charge in [0.25, 0.3) is 0 Å². The summed E-state index contributed by atoms with van der Waals surface area (Å²) in [5, 5.41) is 13.1. The molecule has 40 heavy (non-hydrogen) atoms. The Morgan fingerprint density at radius 3 is 2.38 bits per heavy atom. The van der Waals surface area contributed by atoms with E-state index < -0.39 is 0 Å². The number of benzene rings is 3. The summed E-state index contributed by atoms with van der Waals surface area (Å²) in [4.78, 5) is 9.28. The molecule has 1 aliphatic rings. The van der Waals surface area contributed by atoms with Gasteiger partial charge < -0.3 is 4.57 Å². The number of hydrogen-bond acceptors (Lipinski definition) is 6. The van der Waals surface area contributed by atoms with E-state index in [9.17, 15) is 0 Å². The lowest BCUT2D eigenvalue weighted by molar-refractivity contribution is 0.137. The minimum Gasteiger partial charge on any atom is -0.306 e. The molecule has 3 heterocycles. The highest BCUT2D eigenvalue weighted by Crippen LogP contribution is 2.29. The van der Waals surface area contributed by atoms with Gasteiger partial charge in [-0.2, -0.15) is 4.68 Å². The van der Waals surface area contributed by atoms with Gasteiger partial charge in [0.05, 0.1) is 12.0 Å². The van der Waals surface area contributed by atoms with Crippen LogP contribution in [0.25, 0.3) is 28.8 Å². The predicted octanol–water partition coefficient (Wildman–Crippen LogP) is 4.96. The van der Waals surface area contributed by atoms with Crippen LogP contribution in [0.5, 0.6) is 0 Å². The smallest absolute Gasteiger partial charge is 0.187 e. The molecule has 0 bridgehead atoms. The van der Waals surface area contributed by atoms with Crippen molar-refractivity contribution in [1.82, 2.24) is 39.6 Å². The Morgan fingerprint density at radius 1 is 0.850 bits per heavy atom. The molecule has 0 atom stereocenters. The number of tetrazole rings is 1. The lowest BCUT2D eigenvalue weighted by Gasteiger charge is -2.34. The minimum absolute atomic E-state index is 0.749. The van der Waals surface area contributed by atoms with Gasteiger partial charge in [0.15, 0.2) is 5.82 Å². The van der Waals surface area contributed by atoms with Crippen molar-refractivity contribution in [2.45, 2.75) is 20.4 Å². The summed E-state index contributed by atoms with van der Waals surface area (Å²) in [5.74, 6) is 0.749. The zero-order valence-electron chi connectivity index (χ0n) is 23.1. The van der Waals surface area contributed by atoms with Gasteiger partial charge in [0, 0.05) is 62.9 Å². The molecule has 6 rings (SSSR count). The molecule has 3 aromatic carbocycles. The van der Waals surface area contributed by atoms with E-state index in [4.69, 9.17) is 0 Å². The Balaban J connectivity index is 1.23. The van der Waals surface area contributed by atoms with Crippen LogP contribution in [0.3, 0.4) is 0 Å². The quantitative estimate of drug-likeness (QED) is 0.282. The molecule has 8 heteroatoms. The molecule has 0 aliphatic carbocycles. The van der Waals surface area contributed by atoms with Crippen LogP contribution >= 0.6 is 0 Å². The van der Waals surface area contributed by atoms with Gasteiger partial charge in [-0.15, -0.1) is 5.10 Å². The SMILES string of the molecule is Cc1cccc(C)c1-n1nnnc1-c1cc(-n2ccnc2)ccc1CN1CCN(CC=Cc2ccccc2)CC1. The number of rotatable bonds is 8. The van der Waals surface area contributed by atoms with Gasteiger partial charge in [-0.05, 0) is 58.7 Å². The molecule has 2 aromatic heterocycles. The van der Waals surface area contributed by atoms with Crippen LogP contribution in [0, 0.1) is 13.8 Å². The first-order valence-electron chi connectivity index (χ1n) is 13.8. The summed E-state index contributed by atoms with van der Waals surface area (Å²) in [6.45, 7) is 10.1. The Bertz CT molecular complexity index is 1560. The highest BCUT2D eigenvalue weighted by atomic mass is 15.5. The fourth-order valence-electron chi connectivity index (χ4n) is 5.40. The van der Waals surface area contributed by atoms with Crippen LogP contribution in [0.15, 0.2) is 91.5 Å². The summed E-state index contributed by atoms with van der Waals surface area (Å²) in [7, 11) is 0. The van der Waals surface area contributed by atoms with E-state index in [1.807, 2.05) is 21.8 Å². The van der Waals surface area contributed by atoms with Crippen molar-refractivity contribution in [3.05, 3.63) is 114 Å². The van der Waals surface area contributed by atoms with Crippen molar-refractivity contribution in [2.75, 3.05) is 32.7 Å². The monoisotopic (exact) mass is 530 g/mol. The molecule has 0 spiro atoms. The lowest BCUT2D eigenvalue weighted by atomic mass is 10.0. The first-order chi connectivity index (χ1) is 19.7. The van der Waals surface area contributed by atoms with Crippen molar-refractivity contribution in [2.24, 2.45) is 0 Å². The van der Waals surface area contributed by atoms with E-state index in [1.54, 1.807) is 6.20 Å². The zero-order valence-corrected chi connectivity index (χ0v) is 23.1. The second kappa shape index (κ2) is 11.8. The van der Waals surface area contributed by atoms with E-state index in [-0.39, 0.29) is 0 Å². The largest absolute Gasteiger partial charge is 0.306 e. The molecule has 1 saturated heterocycles. The zero-order chi connectivity index (χ0) is 27.3. The first kappa shape index (κ1) is 25.9. The van der Waals surface area contributed by atoms with Crippen molar-refractivity contribution >= 4 is 6.08 Å². The maximum Gasteiger partial charge on any atom is 0.187 e. The maximum absolute atomic E-state index is 4.53. The van der Waals surface area contributed by atoms with Crippen LogP contribution < -0.4 is 0 Å². The maximum atomic E-state index is 4.53. The number of piperazine rings is 1. The number of aryl methyl sites for hydroxylation is 2. The number of para-hydroxylation sites is 1. The number of aromatic nitrogens is 6. The number of nitrogens with zero attached hydrogens (tertiary/aromatic N) is 8. The fourth-order valence-corrected chi connectivity index (χ4v) is 5.40. The minimum atomic E-state index is 0.749. The predicted molar refractivity (Wildman–Crippen MR) is 158 cm³/mol. The van der Waals surface area contributed by atoms with Crippen LogP contribution in [-0.2, 0) is 6.54 Å². The number of hydrogen-bond donors (Lipinski definition) is 0. The summed E-state index contributed by atoms with van der Waals surface area (Å²) in [6.07, 6.45) is 10.0. The van der Waals surface area contributed by atoms with Crippen LogP contribution in [0.2, 0.25) is 0 Å². The van der Waals surface area contributed by atoms with Crippen LogP contribution in [0.1, 0.15) is 22.3 Å². The van der Waals surface area contributed by atoms with Crippen molar-refractivity contribution < 1.29 is 0 Å². The molecular weight excluding hydrogens is 496 g/mol. The summed E-state index contributed by atoms with van der Waals surface area (Å²) in [6, 6.07) is 23.3. The standard InChI is InChI=1S/C32H34N8/c1-25-8-6-9-26(2)31(25)40-32(34-35-36-40)30-22-29(39-17-15-33-24-39)14-13-28(30)23-38-20-18-37(19-21-38)16-7-12-27-10-4-3-5-11-27/h3-15,17,22,24H,16,18-21,23H2,1-2H3. The Labute approximate surface area is 235 Å². The molecule has 202 valence electrons. The van der Waals surface area contributed by atoms with E-state index >= 15 is 0 Å². The molecule has 0 saturated carbocycles. The molecule has 5 aromatic rings. The van der Waals surface area contributed by atoms with Gasteiger partial charge in [0.2, 0.25) is 0 Å². The van der Waals surface area contributed by atoms with Gasteiger partial charge in [0.1, 0.15) is 0 Å². The molecule has 0 N–H and O–H groups in total. The molecule has 0 amide bonds. The molecule has 1 aliphatic heterocycles. The van der Waals surface area contributed by atoms with E-state index in [2.05, 4.69) is 123 Å². The summed E-state index contributed by atoms with van der Waals surface area (Å²) < 4.78 is 3.90. The van der Waals surface area contributed by atoms with E-state index in [0.717, 1.165) is 73.2 Å². The van der Waals surface area contributed by atoms with Gasteiger partial charge in [-0.1, -0.05) is 66.7 Å². The normalized spacial score (nSPS) is 14.8. The van der Waals surface area contributed by atoms with Crippen molar-refractivity contribution in [3.8, 4) is 22.8 Å². The molecule has 0 unspecified atom stereocenters. The van der Waals surface area contributed by atoms with Crippen molar-refractivity contribution in [1.29, 1.82) is 0 Å². The third kappa shape index (κ3) is 5.64. The number of imidazole rings is 1. The molecule has 1 fully saturated rings. The Morgan fingerprint density at radius 2 is 1.62 bits per heavy atom. The third-order valence-electron chi connectivity index (χ3n) is 7.59. The molecule has 8 nitrogen and oxygen atoms in total. The van der Waals surface area contributed by atoms with Crippen molar-refractivity contribution in [3.63, 3.8) is 0 Å². The topological polar surface area (TPSA) is 67.9 Å². The van der Waals surface area contributed by atoms with Gasteiger partial charge >= 0.3 is 0 Å². The highest BCUT2D eigenvalue weighted by Gasteiger charge is 2.21. The Kier molecular flexibility index (Phi) is 7.61. The van der Waals surface area contributed by atoms with Crippen LogP contribution in [0.4, 0.5) is 0 Å². The average Bonchev–Trinajstić information content (AvgIpc) is 3.68. The van der Waals surface area contributed by atoms with Crippen LogP contribution in [-0.4, -0.2) is 72.3 Å². The molecular formula is C32H34N8. The fraction of sp³-hybridized carbons (Fsp3) is 0.250. The second-order valence-corrected chi connectivity index (χ2v) is 10.4. The summed E-state index contributed by atoms with van der Waals surface area (Å²) in [5.41, 5.74) is 7.82. The third-order valence-corrected chi connectivity index (χ3v) is 7.59. The lowest BCUT2D eigenvalue weighted by Crippen LogP contribution is -2.45. The second-order valence-electron chi connectivity index (χ2n) is 10.4. The summed E-state index contributed by atoms with van der Waals surface area (Å²) >= 11 is 0. The van der Waals surface area contributed by atoms with E-state index in [0.29, 0.717) is 0 Å². The Hall–Kier alpha value is -4.40. The van der Waals surface area contributed by atoms with Gasteiger partial charge in [-0.25, -0.2) is 4.98 Å². The average molecular weight is 531 g/mol. The van der Waals surface area contributed by atoms with Gasteiger partial charge in [-0.3, -0.25) is 9.80 Å².